The highest BCUT2D eigenvalue weighted by atomic mass is 32.1. The van der Waals surface area contributed by atoms with Crippen molar-refractivity contribution < 1.29 is 9.53 Å². The molecule has 0 radical (unpaired) electrons. The van der Waals surface area contributed by atoms with E-state index in [1.165, 1.54) is 0 Å². The summed E-state index contributed by atoms with van der Waals surface area (Å²) in [7, 11) is 0. The van der Waals surface area contributed by atoms with Crippen molar-refractivity contribution in [2.24, 2.45) is 11.1 Å². The van der Waals surface area contributed by atoms with Crippen LogP contribution < -0.4 is 5.73 Å². The number of amides is 1. The highest BCUT2D eigenvalue weighted by Gasteiger charge is 2.51. The second-order valence-corrected chi connectivity index (χ2v) is 7.52. The van der Waals surface area contributed by atoms with Crippen LogP contribution in [0.15, 0.2) is 0 Å². The largest absolute Gasteiger partial charge is 0.392 e. The van der Waals surface area contributed by atoms with Crippen molar-refractivity contribution in [1.29, 1.82) is 0 Å². The average Bonchev–Trinajstić information content (AvgIpc) is 2.09. The fraction of sp³-hybridized carbons (Fsp3) is 0.857. The molecule has 2 rings (SSSR count). The van der Waals surface area contributed by atoms with Crippen LogP contribution in [0.4, 0.5) is 0 Å². The lowest BCUT2D eigenvalue weighted by Gasteiger charge is -2.51. The molecule has 1 saturated carbocycles. The average molecular weight is 284 g/mol. The lowest BCUT2D eigenvalue weighted by molar-refractivity contribution is -0.193. The van der Waals surface area contributed by atoms with Crippen molar-refractivity contribution in [3.63, 3.8) is 0 Å². The molecule has 1 heterocycles. The molecule has 2 N–H and O–H groups in total. The van der Waals surface area contributed by atoms with Gasteiger partial charge in [-0.3, -0.25) is 4.79 Å². The van der Waals surface area contributed by atoms with Gasteiger partial charge < -0.3 is 15.4 Å². The Bertz CT molecular complexity index is 398. The number of hydrogen-bond donors (Lipinski definition) is 1. The van der Waals surface area contributed by atoms with Crippen LogP contribution in [0.25, 0.3) is 0 Å². The molecule has 1 aliphatic heterocycles. The molecule has 4 nitrogen and oxygen atoms in total. The van der Waals surface area contributed by atoms with Gasteiger partial charge in [0.05, 0.1) is 21.6 Å². The fourth-order valence-corrected chi connectivity index (χ4v) is 3.62. The molecule has 1 aliphatic carbocycles. The summed E-state index contributed by atoms with van der Waals surface area (Å²) in [6.45, 7) is 9.26. The van der Waals surface area contributed by atoms with Gasteiger partial charge in [0.15, 0.2) is 0 Å². The molecule has 108 valence electrons. The fourth-order valence-electron chi connectivity index (χ4n) is 3.33. The molecule has 2 fully saturated rings. The summed E-state index contributed by atoms with van der Waals surface area (Å²) >= 11 is 5.14. The molecule has 1 saturated heterocycles. The topological polar surface area (TPSA) is 55.6 Å². The first-order valence-corrected chi connectivity index (χ1v) is 7.28. The summed E-state index contributed by atoms with van der Waals surface area (Å²) < 4.78 is 6.01. The SMILES string of the molecule is CC1(C)CN(C(=O)C2(C(N)=S)CCC2)CC(C)(C)O1. The molecule has 0 bridgehead atoms. The molecule has 1 amide bonds. The van der Waals surface area contributed by atoms with Crippen molar-refractivity contribution in [2.45, 2.75) is 58.2 Å². The van der Waals surface area contributed by atoms with Gasteiger partial charge in [0.1, 0.15) is 0 Å². The minimum atomic E-state index is -0.584. The maximum Gasteiger partial charge on any atom is 0.235 e. The van der Waals surface area contributed by atoms with Crippen LogP contribution in [-0.2, 0) is 9.53 Å². The van der Waals surface area contributed by atoms with E-state index in [1.807, 2.05) is 32.6 Å². The molecule has 5 heteroatoms. The van der Waals surface area contributed by atoms with Crippen LogP contribution in [-0.4, -0.2) is 40.1 Å². The third kappa shape index (κ3) is 2.63. The first kappa shape index (κ1) is 14.7. The molecular formula is C14H24N2O2S. The molecular weight excluding hydrogens is 260 g/mol. The summed E-state index contributed by atoms with van der Waals surface area (Å²) in [4.78, 5) is 15.1. The zero-order valence-electron chi connectivity index (χ0n) is 12.3. The van der Waals surface area contributed by atoms with Gasteiger partial charge in [-0.2, -0.15) is 0 Å². The number of hydrogen-bond acceptors (Lipinski definition) is 3. The molecule has 2 aliphatic rings. The smallest absolute Gasteiger partial charge is 0.235 e. The van der Waals surface area contributed by atoms with Gasteiger partial charge in [-0.25, -0.2) is 0 Å². The Kier molecular flexibility index (Phi) is 3.42. The van der Waals surface area contributed by atoms with Crippen LogP contribution >= 0.6 is 12.2 Å². The van der Waals surface area contributed by atoms with Crippen LogP contribution in [0.1, 0.15) is 47.0 Å². The highest BCUT2D eigenvalue weighted by Crippen LogP contribution is 2.44. The van der Waals surface area contributed by atoms with Crippen molar-refractivity contribution in [2.75, 3.05) is 13.1 Å². The second kappa shape index (κ2) is 4.42. The minimum absolute atomic E-state index is 0.0932. The number of carbonyl (C=O) groups is 1. The normalized spacial score (nSPS) is 27.5. The van der Waals surface area contributed by atoms with E-state index in [2.05, 4.69) is 0 Å². The van der Waals surface area contributed by atoms with Gasteiger partial charge in [-0.15, -0.1) is 0 Å². The Morgan fingerprint density at radius 1 is 1.16 bits per heavy atom. The first-order chi connectivity index (χ1) is 8.58. The predicted molar refractivity (Wildman–Crippen MR) is 78.9 cm³/mol. The molecule has 0 aromatic rings. The number of nitrogens with zero attached hydrogens (tertiary/aromatic N) is 1. The summed E-state index contributed by atoms with van der Waals surface area (Å²) in [5.41, 5.74) is 4.57. The Hall–Kier alpha value is -0.680. The summed E-state index contributed by atoms with van der Waals surface area (Å²) in [5.74, 6) is 0.0932. The van der Waals surface area contributed by atoms with E-state index in [1.54, 1.807) is 0 Å². The molecule has 0 aromatic heterocycles. The van der Waals surface area contributed by atoms with Crippen molar-refractivity contribution >= 4 is 23.1 Å². The van der Waals surface area contributed by atoms with Gasteiger partial charge in [0.25, 0.3) is 0 Å². The maximum atomic E-state index is 12.8. The van der Waals surface area contributed by atoms with Gasteiger partial charge in [-0.05, 0) is 40.5 Å². The van der Waals surface area contributed by atoms with Crippen molar-refractivity contribution in [3.05, 3.63) is 0 Å². The number of carbonyl (C=O) groups excluding carboxylic acids is 1. The zero-order valence-corrected chi connectivity index (χ0v) is 13.1. The summed E-state index contributed by atoms with van der Waals surface area (Å²) in [6, 6.07) is 0. The third-order valence-corrected chi connectivity index (χ3v) is 4.46. The van der Waals surface area contributed by atoms with Crippen LogP contribution in [0.3, 0.4) is 0 Å². The molecule has 0 atom stereocenters. The molecule has 0 unspecified atom stereocenters. The van der Waals surface area contributed by atoms with E-state index in [0.717, 1.165) is 19.3 Å². The molecule has 0 aromatic carbocycles. The number of ether oxygens (including phenoxy) is 1. The monoisotopic (exact) mass is 284 g/mol. The van der Waals surface area contributed by atoms with E-state index < -0.39 is 5.41 Å². The number of rotatable bonds is 2. The summed E-state index contributed by atoms with van der Waals surface area (Å²) in [6.07, 6.45) is 2.61. The van der Waals surface area contributed by atoms with E-state index in [0.29, 0.717) is 18.1 Å². The Morgan fingerprint density at radius 2 is 1.63 bits per heavy atom. The number of morpholine rings is 1. The van der Waals surface area contributed by atoms with Crippen molar-refractivity contribution in [1.82, 2.24) is 4.90 Å². The zero-order chi connectivity index (χ0) is 14.5. The van der Waals surface area contributed by atoms with Crippen LogP contribution in [0.2, 0.25) is 0 Å². The number of thiocarbonyl (C=S) groups is 1. The lowest BCUT2D eigenvalue weighted by atomic mass is 9.67. The van der Waals surface area contributed by atoms with Gasteiger partial charge in [-0.1, -0.05) is 18.6 Å². The standard InChI is InChI=1S/C14H24N2O2S/c1-12(2)8-16(9-13(3,4)18-12)11(17)14(10(15)19)6-5-7-14/h5-9H2,1-4H3,(H2,15,19). The van der Waals surface area contributed by atoms with Gasteiger partial charge in [0, 0.05) is 13.1 Å². The van der Waals surface area contributed by atoms with Crippen LogP contribution in [0.5, 0.6) is 0 Å². The lowest BCUT2D eigenvalue weighted by Crippen LogP contribution is -2.63. The summed E-state index contributed by atoms with van der Waals surface area (Å²) in [5, 5.41) is 0. The second-order valence-electron chi connectivity index (χ2n) is 7.08. The Balaban J connectivity index is 2.21. The van der Waals surface area contributed by atoms with Gasteiger partial charge in [0.2, 0.25) is 5.91 Å². The van der Waals surface area contributed by atoms with Crippen molar-refractivity contribution in [3.8, 4) is 0 Å². The van der Waals surface area contributed by atoms with E-state index >= 15 is 0 Å². The molecule has 19 heavy (non-hydrogen) atoms. The quantitative estimate of drug-likeness (QED) is 0.786. The maximum absolute atomic E-state index is 12.8. The molecule has 0 spiro atoms. The van der Waals surface area contributed by atoms with Crippen LogP contribution in [0, 0.1) is 5.41 Å². The van der Waals surface area contributed by atoms with Gasteiger partial charge >= 0.3 is 0 Å². The first-order valence-electron chi connectivity index (χ1n) is 6.88. The third-order valence-electron chi connectivity index (χ3n) is 4.07. The van der Waals surface area contributed by atoms with E-state index in [9.17, 15) is 4.79 Å². The Morgan fingerprint density at radius 3 is 1.95 bits per heavy atom. The number of nitrogens with two attached hydrogens (primary N) is 1. The highest BCUT2D eigenvalue weighted by molar-refractivity contribution is 7.80. The van der Waals surface area contributed by atoms with E-state index in [4.69, 9.17) is 22.7 Å². The van der Waals surface area contributed by atoms with E-state index in [-0.39, 0.29) is 17.1 Å². The Labute approximate surface area is 120 Å². The minimum Gasteiger partial charge on any atom is -0.392 e. The predicted octanol–water partition coefficient (Wildman–Crippen LogP) is 1.86.